The van der Waals surface area contributed by atoms with Crippen LogP contribution in [0.4, 0.5) is 8.78 Å². The first kappa shape index (κ1) is 36.8. The lowest BCUT2D eigenvalue weighted by Gasteiger charge is -2.72. The number of rotatable bonds is 6. The number of hydrogen-bond donors (Lipinski definition) is 1. The molecule has 1 N–H and O–H groups in total. The summed E-state index contributed by atoms with van der Waals surface area (Å²) in [5.74, 6) is -0.501. The second-order valence-corrected chi connectivity index (χ2v) is 19.1. The summed E-state index contributed by atoms with van der Waals surface area (Å²) in [6.07, 6.45) is 12.2. The third-order valence-corrected chi connectivity index (χ3v) is 16.6. The molecule has 0 spiro atoms. The molecule has 1 aromatic rings. The van der Waals surface area contributed by atoms with Gasteiger partial charge in [-0.1, -0.05) is 65.0 Å². The van der Waals surface area contributed by atoms with Gasteiger partial charge in [-0.25, -0.2) is 13.6 Å². The summed E-state index contributed by atoms with van der Waals surface area (Å²) in [4.78, 5) is 27.8. The van der Waals surface area contributed by atoms with Crippen LogP contribution in [0.1, 0.15) is 128 Å². The first-order chi connectivity index (χ1) is 23.9. The quantitative estimate of drug-likeness (QED) is 0.237. The van der Waals surface area contributed by atoms with Crippen LogP contribution >= 0.6 is 0 Å². The molecule has 4 saturated carbocycles. The summed E-state index contributed by atoms with van der Waals surface area (Å²) < 4.78 is 32.7. The van der Waals surface area contributed by atoms with E-state index in [1.165, 1.54) is 49.5 Å². The Labute approximate surface area is 305 Å². The van der Waals surface area contributed by atoms with E-state index in [9.17, 15) is 18.4 Å². The normalized spacial score (nSPS) is 41.2. The van der Waals surface area contributed by atoms with Gasteiger partial charge in [0.15, 0.2) is 0 Å². The van der Waals surface area contributed by atoms with Crippen molar-refractivity contribution in [3.63, 3.8) is 0 Å². The predicted octanol–water partition coefficient (Wildman–Crippen LogP) is 9.72. The monoisotopic (exact) mass is 704 g/mol. The Balaban J connectivity index is 1.15. The number of allylic oxidation sites excluding steroid dienone is 3. The average molecular weight is 705 g/mol. The standard InChI is InChI=1S/C44H62F2N2O3/c1-28(2)31-15-20-43(47-36(49)27-48-25-23-44(45,46)24-26-48)22-21-41(6)33(37(31)43)13-14-35-40(5)18-16-32(29-9-11-30(12-10-29)38(50)51-8)39(3,4)34(40)17-19-42(35,41)7/h9-12,16,31,33-35,37H,1,13-15,17-27H2,2-8H3,(H,47,49)/t31-,33+,34?,35?,37?,40-,41+,42+,43-/m0/s1. The number of alkyl halides is 2. The minimum absolute atomic E-state index is 0.00831. The van der Waals surface area contributed by atoms with Crippen LogP contribution in [0, 0.1) is 51.2 Å². The van der Waals surface area contributed by atoms with Gasteiger partial charge in [-0.15, -0.1) is 0 Å². The minimum atomic E-state index is -2.61. The fraction of sp³-hybridized carbons (Fsp3) is 0.727. The number of hydrogen-bond acceptors (Lipinski definition) is 4. The van der Waals surface area contributed by atoms with Gasteiger partial charge < -0.3 is 10.1 Å². The van der Waals surface area contributed by atoms with E-state index >= 15 is 0 Å². The fourth-order valence-electron chi connectivity index (χ4n) is 13.9. The molecule has 1 saturated heterocycles. The maximum absolute atomic E-state index is 13.9. The zero-order valence-corrected chi connectivity index (χ0v) is 32.3. The van der Waals surface area contributed by atoms with Crippen LogP contribution in [0.15, 0.2) is 42.5 Å². The Hall–Kier alpha value is -2.54. The Morgan fingerprint density at radius 1 is 0.882 bits per heavy atom. The van der Waals surface area contributed by atoms with Gasteiger partial charge in [-0.3, -0.25) is 9.69 Å². The SMILES string of the molecule is C=C(C)[C@@H]1CC[C@]2(NC(=O)CN3CCC(F)(F)CC3)CC[C@]3(C)[C@H](CCC4[C@@]5(C)CC=C(c6ccc(C(=O)OC)cc6)C(C)(C)C5CC[C@]43C)C12. The molecule has 0 aromatic heterocycles. The molecular formula is C44H62F2N2O3. The van der Waals surface area contributed by atoms with Crippen LogP contribution in [-0.4, -0.2) is 55.0 Å². The smallest absolute Gasteiger partial charge is 0.337 e. The number of ether oxygens (including phenoxy) is 1. The summed E-state index contributed by atoms with van der Waals surface area (Å²) in [6.45, 7) is 20.3. The molecule has 1 aliphatic heterocycles. The molecule has 1 heterocycles. The second kappa shape index (κ2) is 12.5. The Morgan fingerprint density at radius 3 is 2.22 bits per heavy atom. The maximum atomic E-state index is 13.9. The van der Waals surface area contributed by atoms with Crippen molar-refractivity contribution in [2.75, 3.05) is 26.7 Å². The number of fused-ring (bicyclic) bond motifs is 7. The molecular weight excluding hydrogens is 642 g/mol. The zero-order chi connectivity index (χ0) is 36.8. The van der Waals surface area contributed by atoms with Crippen molar-refractivity contribution < 1.29 is 23.1 Å². The number of piperidine rings is 1. The van der Waals surface area contributed by atoms with Crippen molar-refractivity contribution in [2.45, 2.75) is 124 Å². The van der Waals surface area contributed by atoms with Crippen LogP contribution in [0.25, 0.3) is 5.57 Å². The van der Waals surface area contributed by atoms with Crippen LogP contribution < -0.4 is 5.32 Å². The highest BCUT2D eigenvalue weighted by atomic mass is 19.3. The highest BCUT2D eigenvalue weighted by Gasteiger charge is 2.70. The molecule has 0 bridgehead atoms. The highest BCUT2D eigenvalue weighted by Crippen LogP contribution is 2.76. The molecule has 9 atom stereocenters. The van der Waals surface area contributed by atoms with Gasteiger partial charge in [-0.05, 0) is 139 Å². The van der Waals surface area contributed by atoms with E-state index in [-0.39, 0.29) is 71.6 Å². The number of likely N-dealkylation sites (tertiary alicyclic amines) is 1. The second-order valence-electron chi connectivity index (χ2n) is 19.1. The number of amides is 1. The van der Waals surface area contributed by atoms with Crippen molar-refractivity contribution in [1.82, 2.24) is 10.2 Å². The van der Waals surface area contributed by atoms with Gasteiger partial charge in [0.2, 0.25) is 5.91 Å². The lowest BCUT2D eigenvalue weighted by molar-refractivity contribution is -0.219. The number of carbonyl (C=O) groups is 2. The van der Waals surface area contributed by atoms with Crippen LogP contribution in [-0.2, 0) is 9.53 Å². The van der Waals surface area contributed by atoms with Crippen LogP contribution in [0.2, 0.25) is 0 Å². The molecule has 3 unspecified atom stereocenters. The first-order valence-electron chi connectivity index (χ1n) is 19.9. The van der Waals surface area contributed by atoms with E-state index < -0.39 is 5.92 Å². The topological polar surface area (TPSA) is 58.6 Å². The number of halogens is 2. The Bertz CT molecular complexity index is 1590. The molecule has 1 aromatic carbocycles. The zero-order valence-electron chi connectivity index (χ0n) is 32.3. The van der Waals surface area contributed by atoms with Gasteiger partial charge in [0.1, 0.15) is 0 Å². The largest absolute Gasteiger partial charge is 0.465 e. The predicted molar refractivity (Wildman–Crippen MR) is 199 cm³/mol. The molecule has 0 radical (unpaired) electrons. The number of esters is 1. The van der Waals surface area contributed by atoms with Crippen molar-refractivity contribution in [1.29, 1.82) is 0 Å². The molecule has 5 nitrogen and oxygen atoms in total. The van der Waals surface area contributed by atoms with Crippen molar-refractivity contribution in [3.05, 3.63) is 53.6 Å². The summed E-state index contributed by atoms with van der Waals surface area (Å²) in [7, 11) is 1.43. The molecule has 7 rings (SSSR count). The van der Waals surface area contributed by atoms with Gasteiger partial charge in [0.05, 0.1) is 19.2 Å². The van der Waals surface area contributed by atoms with E-state index in [0.717, 1.165) is 32.1 Å². The third-order valence-electron chi connectivity index (χ3n) is 16.6. The van der Waals surface area contributed by atoms with E-state index in [1.807, 2.05) is 17.0 Å². The summed E-state index contributed by atoms with van der Waals surface area (Å²) >= 11 is 0. The van der Waals surface area contributed by atoms with Crippen molar-refractivity contribution in [2.24, 2.45) is 51.2 Å². The number of nitrogens with zero attached hydrogens (tertiary/aromatic N) is 1. The van der Waals surface area contributed by atoms with Crippen molar-refractivity contribution >= 4 is 17.4 Å². The van der Waals surface area contributed by atoms with Crippen molar-refractivity contribution in [3.8, 4) is 0 Å². The highest BCUT2D eigenvalue weighted by molar-refractivity contribution is 5.90. The molecule has 1 amide bonds. The number of benzene rings is 1. The summed E-state index contributed by atoms with van der Waals surface area (Å²) in [5.41, 5.74) is 4.69. The molecule has 6 aliphatic rings. The first-order valence-corrected chi connectivity index (χ1v) is 19.9. The lowest BCUT2D eigenvalue weighted by atomic mass is 9.33. The van der Waals surface area contributed by atoms with Gasteiger partial charge in [-0.2, -0.15) is 0 Å². The summed E-state index contributed by atoms with van der Waals surface area (Å²) in [6, 6.07) is 7.99. The molecule has 280 valence electrons. The Kier molecular flexibility index (Phi) is 9.03. The van der Waals surface area contributed by atoms with E-state index in [2.05, 4.69) is 71.6 Å². The fourth-order valence-corrected chi connectivity index (χ4v) is 13.9. The van der Waals surface area contributed by atoms with E-state index in [4.69, 9.17) is 4.74 Å². The van der Waals surface area contributed by atoms with Crippen LogP contribution in [0.3, 0.4) is 0 Å². The third kappa shape index (κ3) is 5.68. The Morgan fingerprint density at radius 2 is 1.57 bits per heavy atom. The molecule has 5 aliphatic carbocycles. The number of methoxy groups -OCH3 is 1. The number of nitrogens with one attached hydrogen (secondary N) is 1. The van der Waals surface area contributed by atoms with Gasteiger partial charge in [0.25, 0.3) is 5.92 Å². The average Bonchev–Trinajstić information content (AvgIpc) is 3.45. The number of carbonyl (C=O) groups excluding carboxylic acids is 2. The maximum Gasteiger partial charge on any atom is 0.337 e. The van der Waals surface area contributed by atoms with E-state index in [1.54, 1.807) is 0 Å². The molecule has 7 heteroatoms. The summed E-state index contributed by atoms with van der Waals surface area (Å²) in [5, 5.41) is 3.64. The van der Waals surface area contributed by atoms with Gasteiger partial charge >= 0.3 is 5.97 Å². The minimum Gasteiger partial charge on any atom is -0.465 e. The van der Waals surface area contributed by atoms with E-state index in [0.29, 0.717) is 35.2 Å². The molecule has 5 fully saturated rings. The van der Waals surface area contributed by atoms with Crippen LogP contribution in [0.5, 0.6) is 0 Å². The molecule has 51 heavy (non-hydrogen) atoms. The van der Waals surface area contributed by atoms with Gasteiger partial charge in [0, 0.05) is 31.5 Å². The lowest BCUT2D eigenvalue weighted by Crippen LogP contribution is -2.68.